The molecule has 1 fully saturated rings. The van der Waals surface area contributed by atoms with Gasteiger partial charge in [0, 0.05) is 12.1 Å². The predicted octanol–water partition coefficient (Wildman–Crippen LogP) is 1.22. The number of amides is 1. The number of aliphatic hydroxyl groups excluding tert-OH is 1. The minimum absolute atomic E-state index is 0.0764. The molecule has 2 N–H and O–H groups in total. The van der Waals surface area contributed by atoms with Gasteiger partial charge in [0.2, 0.25) is 0 Å². The Kier molecular flexibility index (Phi) is 5.56. The third-order valence-electron chi connectivity index (χ3n) is 3.90. The lowest BCUT2D eigenvalue weighted by Gasteiger charge is -2.34. The van der Waals surface area contributed by atoms with Crippen molar-refractivity contribution in [1.29, 1.82) is 0 Å². The van der Waals surface area contributed by atoms with Crippen LogP contribution in [0.25, 0.3) is 0 Å². The molecular weight excluding hydrogens is 282 g/mol. The standard InChI is InChI=1S/C17H25NO4/c1-17(2,21)7-6-13-4-3-5-14(10-13)16(20)18-8-9-22-12-15(18)11-19/h3-5,10,15,19,21H,6-9,11-12H2,1-2H3/t15-/m1/s1. The first-order valence-corrected chi connectivity index (χ1v) is 7.71. The summed E-state index contributed by atoms with van der Waals surface area (Å²) in [5.74, 6) is -0.0764. The molecule has 0 saturated carbocycles. The van der Waals surface area contributed by atoms with Gasteiger partial charge >= 0.3 is 0 Å². The van der Waals surface area contributed by atoms with Crippen LogP contribution < -0.4 is 0 Å². The fourth-order valence-electron chi connectivity index (χ4n) is 2.55. The summed E-state index contributed by atoms with van der Waals surface area (Å²) in [5, 5.41) is 19.2. The molecule has 122 valence electrons. The molecule has 5 nitrogen and oxygen atoms in total. The van der Waals surface area contributed by atoms with Crippen LogP contribution in [0.2, 0.25) is 0 Å². The van der Waals surface area contributed by atoms with E-state index < -0.39 is 5.60 Å². The molecular formula is C17H25NO4. The maximum Gasteiger partial charge on any atom is 0.254 e. The Hall–Kier alpha value is -1.43. The third-order valence-corrected chi connectivity index (χ3v) is 3.90. The van der Waals surface area contributed by atoms with Crippen LogP contribution in [0.5, 0.6) is 0 Å². The van der Waals surface area contributed by atoms with E-state index in [9.17, 15) is 15.0 Å². The smallest absolute Gasteiger partial charge is 0.254 e. The highest BCUT2D eigenvalue weighted by molar-refractivity contribution is 5.94. The zero-order chi connectivity index (χ0) is 16.2. The van der Waals surface area contributed by atoms with E-state index in [1.54, 1.807) is 24.8 Å². The summed E-state index contributed by atoms with van der Waals surface area (Å²) in [5.41, 5.74) is 0.932. The van der Waals surface area contributed by atoms with Gasteiger partial charge in [0.25, 0.3) is 5.91 Å². The number of ether oxygens (including phenoxy) is 1. The average molecular weight is 307 g/mol. The van der Waals surface area contributed by atoms with Gasteiger partial charge in [-0.2, -0.15) is 0 Å². The Morgan fingerprint density at radius 1 is 1.45 bits per heavy atom. The zero-order valence-electron chi connectivity index (χ0n) is 13.3. The molecule has 0 unspecified atom stereocenters. The fourth-order valence-corrected chi connectivity index (χ4v) is 2.55. The van der Waals surface area contributed by atoms with E-state index in [0.717, 1.165) is 12.0 Å². The first-order valence-electron chi connectivity index (χ1n) is 7.71. The van der Waals surface area contributed by atoms with E-state index in [-0.39, 0.29) is 18.6 Å². The molecule has 1 heterocycles. The van der Waals surface area contributed by atoms with Crippen molar-refractivity contribution in [2.75, 3.05) is 26.4 Å². The van der Waals surface area contributed by atoms with Crippen LogP contribution in [0, 0.1) is 0 Å². The van der Waals surface area contributed by atoms with Crippen molar-refractivity contribution in [3.05, 3.63) is 35.4 Å². The highest BCUT2D eigenvalue weighted by atomic mass is 16.5. The van der Waals surface area contributed by atoms with Gasteiger partial charge in [0.1, 0.15) is 0 Å². The maximum absolute atomic E-state index is 12.6. The van der Waals surface area contributed by atoms with E-state index >= 15 is 0 Å². The van der Waals surface area contributed by atoms with E-state index in [1.807, 2.05) is 18.2 Å². The van der Waals surface area contributed by atoms with Crippen LogP contribution in [0.3, 0.4) is 0 Å². The minimum Gasteiger partial charge on any atom is -0.394 e. The highest BCUT2D eigenvalue weighted by Gasteiger charge is 2.27. The Morgan fingerprint density at radius 3 is 2.91 bits per heavy atom. The number of rotatable bonds is 5. The van der Waals surface area contributed by atoms with Crippen molar-refractivity contribution < 1.29 is 19.7 Å². The van der Waals surface area contributed by atoms with E-state index in [1.165, 1.54) is 0 Å². The van der Waals surface area contributed by atoms with Crippen LogP contribution in [0.15, 0.2) is 24.3 Å². The second-order valence-electron chi connectivity index (χ2n) is 6.42. The number of morpholine rings is 1. The quantitative estimate of drug-likeness (QED) is 0.858. The molecule has 2 rings (SSSR count). The van der Waals surface area contributed by atoms with Crippen LogP contribution in [-0.4, -0.2) is 59.0 Å². The van der Waals surface area contributed by atoms with Crippen molar-refractivity contribution in [3.8, 4) is 0 Å². The first kappa shape index (κ1) is 16.9. The van der Waals surface area contributed by atoms with E-state index in [4.69, 9.17) is 4.74 Å². The van der Waals surface area contributed by atoms with Crippen LogP contribution in [-0.2, 0) is 11.2 Å². The van der Waals surface area contributed by atoms with Gasteiger partial charge in [0.15, 0.2) is 0 Å². The van der Waals surface area contributed by atoms with Crippen molar-refractivity contribution in [1.82, 2.24) is 4.90 Å². The Morgan fingerprint density at radius 2 is 2.23 bits per heavy atom. The molecule has 22 heavy (non-hydrogen) atoms. The Balaban J connectivity index is 2.09. The molecule has 0 aromatic heterocycles. The lowest BCUT2D eigenvalue weighted by Crippen LogP contribution is -2.50. The van der Waals surface area contributed by atoms with E-state index in [0.29, 0.717) is 31.7 Å². The molecule has 0 aliphatic carbocycles. The zero-order valence-corrected chi connectivity index (χ0v) is 13.3. The largest absolute Gasteiger partial charge is 0.394 e. The minimum atomic E-state index is -0.716. The second-order valence-corrected chi connectivity index (χ2v) is 6.42. The van der Waals surface area contributed by atoms with Crippen molar-refractivity contribution in [2.45, 2.75) is 38.3 Å². The average Bonchev–Trinajstić information content (AvgIpc) is 2.52. The molecule has 1 aromatic carbocycles. The molecule has 0 spiro atoms. The Bertz CT molecular complexity index is 510. The third kappa shape index (κ3) is 4.53. The number of hydrogen-bond donors (Lipinski definition) is 2. The van der Waals surface area contributed by atoms with Gasteiger partial charge in [-0.3, -0.25) is 4.79 Å². The second kappa shape index (κ2) is 7.22. The number of hydrogen-bond acceptors (Lipinski definition) is 4. The first-order chi connectivity index (χ1) is 10.4. The van der Waals surface area contributed by atoms with Gasteiger partial charge in [-0.15, -0.1) is 0 Å². The predicted molar refractivity (Wildman–Crippen MR) is 83.8 cm³/mol. The maximum atomic E-state index is 12.6. The SMILES string of the molecule is CC(C)(O)CCc1cccc(C(=O)N2CCOC[C@H]2CO)c1. The summed E-state index contributed by atoms with van der Waals surface area (Å²) in [4.78, 5) is 14.3. The summed E-state index contributed by atoms with van der Waals surface area (Å²) >= 11 is 0. The number of aliphatic hydroxyl groups is 2. The van der Waals surface area contributed by atoms with Gasteiger partial charge < -0.3 is 19.8 Å². The lowest BCUT2D eigenvalue weighted by atomic mass is 9.97. The van der Waals surface area contributed by atoms with Gasteiger partial charge in [-0.05, 0) is 44.4 Å². The number of nitrogens with zero attached hydrogens (tertiary/aromatic N) is 1. The number of aryl methyl sites for hydroxylation is 1. The number of carbonyl (C=O) groups is 1. The summed E-state index contributed by atoms with van der Waals surface area (Å²) in [6.45, 7) is 4.84. The lowest BCUT2D eigenvalue weighted by molar-refractivity contribution is -0.0183. The van der Waals surface area contributed by atoms with Crippen molar-refractivity contribution >= 4 is 5.91 Å². The summed E-state index contributed by atoms with van der Waals surface area (Å²) in [6, 6.07) is 7.21. The highest BCUT2D eigenvalue weighted by Crippen LogP contribution is 2.17. The van der Waals surface area contributed by atoms with Crippen molar-refractivity contribution in [2.24, 2.45) is 0 Å². The fraction of sp³-hybridized carbons (Fsp3) is 0.588. The van der Waals surface area contributed by atoms with Gasteiger partial charge in [0.05, 0.1) is 31.5 Å². The van der Waals surface area contributed by atoms with Crippen LogP contribution in [0.4, 0.5) is 0 Å². The Labute approximate surface area is 131 Å². The number of carbonyl (C=O) groups excluding carboxylic acids is 1. The molecule has 1 atom stereocenters. The molecule has 1 aliphatic rings. The molecule has 0 radical (unpaired) electrons. The monoisotopic (exact) mass is 307 g/mol. The van der Waals surface area contributed by atoms with Gasteiger partial charge in [-0.1, -0.05) is 12.1 Å². The molecule has 1 aromatic rings. The molecule has 1 saturated heterocycles. The van der Waals surface area contributed by atoms with Crippen LogP contribution >= 0.6 is 0 Å². The summed E-state index contributed by atoms with van der Waals surface area (Å²) in [7, 11) is 0. The van der Waals surface area contributed by atoms with E-state index in [2.05, 4.69) is 0 Å². The normalized spacial score (nSPS) is 19.3. The molecule has 1 amide bonds. The molecule has 1 aliphatic heterocycles. The van der Waals surface area contributed by atoms with Crippen molar-refractivity contribution in [3.63, 3.8) is 0 Å². The molecule has 0 bridgehead atoms. The van der Waals surface area contributed by atoms with Crippen LogP contribution in [0.1, 0.15) is 36.2 Å². The topological polar surface area (TPSA) is 70.0 Å². The summed E-state index contributed by atoms with van der Waals surface area (Å²) in [6.07, 6.45) is 1.36. The van der Waals surface area contributed by atoms with Gasteiger partial charge in [-0.25, -0.2) is 0 Å². The number of benzene rings is 1. The molecule has 5 heteroatoms. The summed E-state index contributed by atoms with van der Waals surface area (Å²) < 4.78 is 5.31.